The monoisotopic (exact) mass is 279 g/mol. The van der Waals surface area contributed by atoms with Crippen LogP contribution in [0.25, 0.3) is 0 Å². The second-order valence-corrected chi connectivity index (χ2v) is 4.96. The lowest BCUT2D eigenvalue weighted by Gasteiger charge is -2.05. The van der Waals surface area contributed by atoms with Crippen LogP contribution in [0.4, 0.5) is 0 Å². The Balaban J connectivity index is 1.87. The number of nitrogens with two attached hydrogens (primary N) is 1. The van der Waals surface area contributed by atoms with E-state index in [2.05, 4.69) is 10.1 Å². The van der Waals surface area contributed by atoms with Crippen LogP contribution in [-0.2, 0) is 10.5 Å². The molecule has 1 unspecified atom stereocenters. The molecule has 102 valence electrons. The summed E-state index contributed by atoms with van der Waals surface area (Å²) in [5.41, 5.74) is 5.88. The van der Waals surface area contributed by atoms with Crippen molar-refractivity contribution in [3.63, 3.8) is 0 Å². The molecule has 0 aliphatic rings. The van der Waals surface area contributed by atoms with E-state index in [1.807, 2.05) is 37.3 Å². The summed E-state index contributed by atoms with van der Waals surface area (Å²) in [4.78, 5) is 5.44. The molecule has 0 fully saturated rings. The number of rotatable bonds is 7. The standard InChI is InChI=1S/C13H17N3O2S/c1-2-17-8-11(14)13-15-12(18-16-13)9-19-10-6-4-3-5-7-10/h3-7,11H,2,8-9,14H2,1H3. The molecule has 19 heavy (non-hydrogen) atoms. The summed E-state index contributed by atoms with van der Waals surface area (Å²) in [7, 11) is 0. The van der Waals surface area contributed by atoms with Gasteiger partial charge in [0.1, 0.15) is 0 Å². The maximum Gasteiger partial charge on any atom is 0.237 e. The van der Waals surface area contributed by atoms with Crippen molar-refractivity contribution in [1.29, 1.82) is 0 Å². The summed E-state index contributed by atoms with van der Waals surface area (Å²) in [6.07, 6.45) is 0. The van der Waals surface area contributed by atoms with Crippen molar-refractivity contribution in [2.24, 2.45) is 5.73 Å². The molecule has 0 saturated carbocycles. The molecule has 1 heterocycles. The molecular formula is C13H17N3O2S. The number of aromatic nitrogens is 2. The third kappa shape index (κ3) is 4.34. The molecule has 0 radical (unpaired) electrons. The molecule has 2 aromatic rings. The van der Waals surface area contributed by atoms with Crippen molar-refractivity contribution in [3.05, 3.63) is 42.0 Å². The molecule has 0 spiro atoms. The van der Waals surface area contributed by atoms with Gasteiger partial charge in [0.15, 0.2) is 5.82 Å². The highest BCUT2D eigenvalue weighted by Gasteiger charge is 2.14. The fourth-order valence-electron chi connectivity index (χ4n) is 1.46. The Kier molecular flexibility index (Phi) is 5.38. The second-order valence-electron chi connectivity index (χ2n) is 3.91. The van der Waals surface area contributed by atoms with E-state index in [1.165, 1.54) is 4.90 Å². The summed E-state index contributed by atoms with van der Waals surface area (Å²) in [5.74, 6) is 1.71. The third-order valence-corrected chi connectivity index (χ3v) is 3.42. The van der Waals surface area contributed by atoms with Gasteiger partial charge in [0.05, 0.1) is 18.4 Å². The van der Waals surface area contributed by atoms with Gasteiger partial charge < -0.3 is 15.0 Å². The van der Waals surface area contributed by atoms with Gasteiger partial charge in [-0.3, -0.25) is 0 Å². The molecule has 0 amide bonds. The first-order chi connectivity index (χ1) is 9.29. The molecule has 1 aromatic carbocycles. The smallest absolute Gasteiger partial charge is 0.237 e. The third-order valence-electron chi connectivity index (χ3n) is 2.42. The predicted octanol–water partition coefficient (Wildman–Crippen LogP) is 2.40. The molecule has 2 rings (SSSR count). The SMILES string of the molecule is CCOCC(N)c1noc(CSc2ccccc2)n1. The molecule has 6 heteroatoms. The van der Waals surface area contributed by atoms with Gasteiger partial charge in [0.25, 0.3) is 0 Å². The zero-order valence-electron chi connectivity index (χ0n) is 10.8. The fourth-order valence-corrected chi connectivity index (χ4v) is 2.22. The van der Waals surface area contributed by atoms with Crippen LogP contribution < -0.4 is 5.73 Å². The summed E-state index contributed by atoms with van der Waals surface area (Å²) < 4.78 is 10.4. The minimum absolute atomic E-state index is 0.334. The molecule has 1 aromatic heterocycles. The second kappa shape index (κ2) is 7.28. The van der Waals surface area contributed by atoms with Crippen LogP contribution in [-0.4, -0.2) is 23.4 Å². The molecule has 0 bridgehead atoms. The van der Waals surface area contributed by atoms with Gasteiger partial charge in [-0.05, 0) is 19.1 Å². The molecule has 1 atom stereocenters. The van der Waals surface area contributed by atoms with E-state index in [0.717, 1.165) is 0 Å². The van der Waals surface area contributed by atoms with E-state index >= 15 is 0 Å². The average Bonchev–Trinajstić information content (AvgIpc) is 2.92. The Labute approximate surface area is 116 Å². The van der Waals surface area contributed by atoms with Gasteiger partial charge in [0, 0.05) is 11.5 Å². The summed E-state index contributed by atoms with van der Waals surface area (Å²) in [6, 6.07) is 9.74. The van der Waals surface area contributed by atoms with Crippen LogP contribution >= 0.6 is 11.8 Å². The number of hydrogen-bond acceptors (Lipinski definition) is 6. The Hall–Kier alpha value is -1.37. The topological polar surface area (TPSA) is 74.2 Å². The van der Waals surface area contributed by atoms with Gasteiger partial charge in [-0.15, -0.1) is 11.8 Å². The van der Waals surface area contributed by atoms with Crippen molar-refractivity contribution < 1.29 is 9.26 Å². The van der Waals surface area contributed by atoms with Crippen LogP contribution in [0, 0.1) is 0 Å². The maximum atomic E-state index is 5.88. The highest BCUT2D eigenvalue weighted by molar-refractivity contribution is 7.98. The van der Waals surface area contributed by atoms with Crippen molar-refractivity contribution >= 4 is 11.8 Å². The Morgan fingerprint density at radius 2 is 2.16 bits per heavy atom. The normalized spacial score (nSPS) is 12.5. The first-order valence-electron chi connectivity index (χ1n) is 6.13. The Morgan fingerprint density at radius 1 is 1.37 bits per heavy atom. The quantitative estimate of drug-likeness (QED) is 0.784. The lowest BCUT2D eigenvalue weighted by atomic mass is 10.3. The zero-order chi connectivity index (χ0) is 13.5. The van der Waals surface area contributed by atoms with Crippen LogP contribution in [0.2, 0.25) is 0 Å². The number of hydrogen-bond donors (Lipinski definition) is 1. The summed E-state index contributed by atoms with van der Waals surface area (Å²) in [5, 5.41) is 3.88. The summed E-state index contributed by atoms with van der Waals surface area (Å²) in [6.45, 7) is 2.95. The van der Waals surface area contributed by atoms with Crippen molar-refractivity contribution in [2.45, 2.75) is 23.6 Å². The fraction of sp³-hybridized carbons (Fsp3) is 0.385. The van der Waals surface area contributed by atoms with E-state index in [0.29, 0.717) is 30.7 Å². The summed E-state index contributed by atoms with van der Waals surface area (Å²) >= 11 is 1.65. The molecule has 0 saturated heterocycles. The van der Waals surface area contributed by atoms with Gasteiger partial charge in [-0.2, -0.15) is 4.98 Å². The number of thioether (sulfide) groups is 1. The predicted molar refractivity (Wildman–Crippen MR) is 73.7 cm³/mol. The number of ether oxygens (including phenoxy) is 1. The van der Waals surface area contributed by atoms with E-state index in [4.69, 9.17) is 15.0 Å². The Morgan fingerprint density at radius 3 is 2.89 bits per heavy atom. The van der Waals surface area contributed by atoms with Gasteiger partial charge in [0.2, 0.25) is 5.89 Å². The van der Waals surface area contributed by atoms with E-state index in [9.17, 15) is 0 Å². The lowest BCUT2D eigenvalue weighted by Crippen LogP contribution is -2.18. The molecule has 0 aliphatic heterocycles. The first-order valence-corrected chi connectivity index (χ1v) is 7.11. The largest absolute Gasteiger partial charge is 0.380 e. The van der Waals surface area contributed by atoms with Crippen molar-refractivity contribution in [2.75, 3.05) is 13.2 Å². The highest BCUT2D eigenvalue weighted by atomic mass is 32.2. The van der Waals surface area contributed by atoms with Crippen LogP contribution in [0.15, 0.2) is 39.8 Å². The van der Waals surface area contributed by atoms with Crippen molar-refractivity contribution in [3.8, 4) is 0 Å². The van der Waals surface area contributed by atoms with Crippen LogP contribution in [0.3, 0.4) is 0 Å². The van der Waals surface area contributed by atoms with E-state index < -0.39 is 0 Å². The molecule has 2 N–H and O–H groups in total. The van der Waals surface area contributed by atoms with Crippen molar-refractivity contribution in [1.82, 2.24) is 10.1 Å². The van der Waals surface area contributed by atoms with Gasteiger partial charge in [-0.1, -0.05) is 23.4 Å². The van der Waals surface area contributed by atoms with E-state index in [1.54, 1.807) is 11.8 Å². The molecular weight excluding hydrogens is 262 g/mol. The number of benzene rings is 1. The highest BCUT2D eigenvalue weighted by Crippen LogP contribution is 2.21. The zero-order valence-corrected chi connectivity index (χ0v) is 11.6. The van der Waals surface area contributed by atoms with E-state index in [-0.39, 0.29) is 6.04 Å². The lowest BCUT2D eigenvalue weighted by molar-refractivity contribution is 0.130. The van der Waals surface area contributed by atoms with Gasteiger partial charge >= 0.3 is 0 Å². The van der Waals surface area contributed by atoms with Gasteiger partial charge in [-0.25, -0.2) is 0 Å². The number of nitrogens with zero attached hydrogens (tertiary/aromatic N) is 2. The maximum absolute atomic E-state index is 5.88. The van der Waals surface area contributed by atoms with Crippen LogP contribution in [0.1, 0.15) is 24.7 Å². The Bertz CT molecular complexity index is 490. The first kappa shape index (κ1) is 14.0. The molecule has 0 aliphatic carbocycles. The average molecular weight is 279 g/mol. The minimum atomic E-state index is -0.334. The van der Waals surface area contributed by atoms with Crippen LogP contribution in [0.5, 0.6) is 0 Å². The molecule has 5 nitrogen and oxygen atoms in total. The minimum Gasteiger partial charge on any atom is -0.380 e.